The number of hydrogen-bond acceptors (Lipinski definition) is 3. The number of nitrogens with zero attached hydrogens (tertiary/aromatic N) is 2. The van der Waals surface area contributed by atoms with Crippen LogP contribution in [0.15, 0.2) is 35.3 Å². The molecule has 28 heavy (non-hydrogen) atoms. The van der Waals surface area contributed by atoms with Gasteiger partial charge in [-0.25, -0.2) is 4.79 Å². The van der Waals surface area contributed by atoms with Gasteiger partial charge in [0.1, 0.15) is 0 Å². The fourth-order valence-corrected chi connectivity index (χ4v) is 4.50. The van der Waals surface area contributed by atoms with Gasteiger partial charge in [-0.15, -0.1) is 0 Å². The molecule has 148 valence electrons. The van der Waals surface area contributed by atoms with E-state index in [0.717, 1.165) is 29.8 Å². The Kier molecular flexibility index (Phi) is 5.53. The molecule has 0 fully saturated rings. The van der Waals surface area contributed by atoms with Gasteiger partial charge in [0.15, 0.2) is 0 Å². The molecule has 1 heterocycles. The molecule has 0 amide bonds. The average molecular weight is 399 g/mol. The Morgan fingerprint density at radius 1 is 1.36 bits per heavy atom. The van der Waals surface area contributed by atoms with Crippen LogP contribution in [-0.4, -0.2) is 29.4 Å². The summed E-state index contributed by atoms with van der Waals surface area (Å²) < 4.78 is 0. The maximum absolute atomic E-state index is 11.1. The monoisotopic (exact) mass is 398 g/mol. The molecule has 2 aromatic carbocycles. The number of aliphatic imine (C=N–C) groups is 1. The van der Waals surface area contributed by atoms with Crippen molar-refractivity contribution in [2.75, 3.05) is 11.4 Å². The Bertz CT molecular complexity index is 950. The molecular formula is C23H27ClN2O2. The van der Waals surface area contributed by atoms with E-state index in [0.29, 0.717) is 10.9 Å². The van der Waals surface area contributed by atoms with Crippen LogP contribution in [0.1, 0.15) is 67.1 Å². The van der Waals surface area contributed by atoms with Crippen molar-refractivity contribution in [3.05, 3.63) is 57.6 Å². The lowest BCUT2D eigenvalue weighted by Gasteiger charge is -2.47. The maximum Gasteiger partial charge on any atom is 0.335 e. The summed E-state index contributed by atoms with van der Waals surface area (Å²) in [5.74, 6) is -0.498. The molecule has 3 rings (SSSR count). The standard InChI is InChI=1S/C23H27ClN2O2/c1-6-26-21-11-19(24)17(10-18(21)15(3)12-23(26,4)5)13-25-20-8-7-16(22(27)28)9-14(20)2/h7-11,13,15H,6,12H2,1-5H3,(H,27,28). The molecule has 2 aromatic rings. The van der Waals surface area contributed by atoms with Crippen molar-refractivity contribution in [3.8, 4) is 0 Å². The largest absolute Gasteiger partial charge is 0.478 e. The molecule has 0 aromatic heterocycles. The van der Waals surface area contributed by atoms with E-state index >= 15 is 0 Å². The van der Waals surface area contributed by atoms with Gasteiger partial charge in [0.25, 0.3) is 0 Å². The minimum absolute atomic E-state index is 0.100. The van der Waals surface area contributed by atoms with Crippen molar-refractivity contribution in [1.29, 1.82) is 0 Å². The van der Waals surface area contributed by atoms with Crippen molar-refractivity contribution in [1.82, 2.24) is 0 Å². The van der Waals surface area contributed by atoms with Crippen LogP contribution >= 0.6 is 11.6 Å². The number of fused-ring (bicyclic) bond motifs is 1. The second kappa shape index (κ2) is 7.59. The molecule has 4 nitrogen and oxygen atoms in total. The van der Waals surface area contributed by atoms with Gasteiger partial charge in [-0.1, -0.05) is 18.5 Å². The summed E-state index contributed by atoms with van der Waals surface area (Å²) in [7, 11) is 0. The van der Waals surface area contributed by atoms with Crippen LogP contribution in [0.3, 0.4) is 0 Å². The van der Waals surface area contributed by atoms with E-state index < -0.39 is 5.97 Å². The molecule has 0 saturated carbocycles. The number of carboxylic acid groups (broad SMARTS) is 1. The van der Waals surface area contributed by atoms with Crippen molar-refractivity contribution >= 4 is 35.2 Å². The van der Waals surface area contributed by atoms with Crippen LogP contribution in [-0.2, 0) is 0 Å². The molecule has 1 aliphatic heterocycles. The summed E-state index contributed by atoms with van der Waals surface area (Å²) >= 11 is 6.60. The predicted octanol–water partition coefficient (Wildman–Crippen LogP) is 6.21. The van der Waals surface area contributed by atoms with Crippen LogP contribution in [0.25, 0.3) is 0 Å². The minimum atomic E-state index is -0.936. The molecule has 1 unspecified atom stereocenters. The van der Waals surface area contributed by atoms with Crippen molar-refractivity contribution in [3.63, 3.8) is 0 Å². The quantitative estimate of drug-likeness (QED) is 0.623. The van der Waals surface area contributed by atoms with Gasteiger partial charge >= 0.3 is 5.97 Å². The number of aryl methyl sites for hydroxylation is 1. The van der Waals surface area contributed by atoms with E-state index in [-0.39, 0.29) is 11.1 Å². The predicted molar refractivity (Wildman–Crippen MR) is 117 cm³/mol. The Hall–Kier alpha value is -2.33. The van der Waals surface area contributed by atoms with Gasteiger partial charge < -0.3 is 10.0 Å². The Labute approximate surface area is 171 Å². The fraction of sp³-hybridized carbons (Fsp3) is 0.391. The Morgan fingerprint density at radius 3 is 2.68 bits per heavy atom. The van der Waals surface area contributed by atoms with Crippen LogP contribution in [0.4, 0.5) is 11.4 Å². The van der Waals surface area contributed by atoms with Crippen molar-refractivity contribution < 1.29 is 9.90 Å². The lowest BCUT2D eigenvalue weighted by Crippen LogP contribution is -2.48. The number of carboxylic acids is 1. The Morgan fingerprint density at radius 2 is 2.07 bits per heavy atom. The molecular weight excluding hydrogens is 372 g/mol. The van der Waals surface area contributed by atoms with E-state index in [4.69, 9.17) is 16.7 Å². The number of rotatable bonds is 4. The fourth-order valence-electron chi connectivity index (χ4n) is 4.29. The van der Waals surface area contributed by atoms with Gasteiger partial charge in [0.2, 0.25) is 0 Å². The minimum Gasteiger partial charge on any atom is -0.478 e. The summed E-state index contributed by atoms with van der Waals surface area (Å²) in [6, 6.07) is 9.13. The second-order valence-corrected chi connectivity index (χ2v) is 8.57. The topological polar surface area (TPSA) is 52.9 Å². The lowest BCUT2D eigenvalue weighted by atomic mass is 9.79. The third-order valence-corrected chi connectivity index (χ3v) is 5.93. The van der Waals surface area contributed by atoms with E-state index in [1.807, 2.05) is 6.92 Å². The zero-order chi connectivity index (χ0) is 20.6. The van der Waals surface area contributed by atoms with Crippen LogP contribution in [0.2, 0.25) is 5.02 Å². The summed E-state index contributed by atoms with van der Waals surface area (Å²) in [6.45, 7) is 11.8. The summed E-state index contributed by atoms with van der Waals surface area (Å²) in [5.41, 5.74) is 5.30. The van der Waals surface area contributed by atoms with Crippen LogP contribution in [0, 0.1) is 6.92 Å². The third-order valence-electron chi connectivity index (χ3n) is 5.61. The lowest BCUT2D eigenvalue weighted by molar-refractivity contribution is 0.0697. The molecule has 0 spiro atoms. The highest BCUT2D eigenvalue weighted by atomic mass is 35.5. The number of benzene rings is 2. The normalized spacial score (nSPS) is 18.4. The van der Waals surface area contributed by atoms with Gasteiger partial charge in [0, 0.05) is 29.5 Å². The van der Waals surface area contributed by atoms with E-state index in [1.54, 1.807) is 24.4 Å². The number of anilines is 1. The number of carbonyl (C=O) groups is 1. The molecule has 0 aliphatic carbocycles. The van der Waals surface area contributed by atoms with Gasteiger partial charge in [-0.05, 0) is 81.5 Å². The molecule has 0 bridgehead atoms. The molecule has 5 heteroatoms. The zero-order valence-corrected chi connectivity index (χ0v) is 17.8. The number of aromatic carboxylic acids is 1. The SMILES string of the molecule is CCN1c2cc(Cl)c(C=Nc3ccc(C(=O)O)cc3C)cc2C(C)CC1(C)C. The average Bonchev–Trinajstić information content (AvgIpc) is 2.60. The maximum atomic E-state index is 11.1. The van der Waals surface area contributed by atoms with Crippen LogP contribution < -0.4 is 4.90 Å². The second-order valence-electron chi connectivity index (χ2n) is 8.16. The van der Waals surface area contributed by atoms with E-state index in [9.17, 15) is 4.79 Å². The Balaban J connectivity index is 1.98. The van der Waals surface area contributed by atoms with E-state index in [2.05, 4.69) is 49.7 Å². The smallest absolute Gasteiger partial charge is 0.335 e. The highest BCUT2D eigenvalue weighted by molar-refractivity contribution is 6.33. The molecule has 1 N–H and O–H groups in total. The first-order valence-corrected chi connectivity index (χ1v) is 10.0. The van der Waals surface area contributed by atoms with Gasteiger partial charge in [-0.2, -0.15) is 0 Å². The number of halogens is 1. The third kappa shape index (κ3) is 3.79. The molecule has 1 atom stereocenters. The molecule has 1 aliphatic rings. The van der Waals surface area contributed by atoms with Gasteiger partial charge in [0.05, 0.1) is 16.3 Å². The highest BCUT2D eigenvalue weighted by Gasteiger charge is 2.35. The van der Waals surface area contributed by atoms with Crippen LogP contribution in [0.5, 0.6) is 0 Å². The first-order valence-electron chi connectivity index (χ1n) is 9.63. The number of hydrogen-bond donors (Lipinski definition) is 1. The van der Waals surface area contributed by atoms with Gasteiger partial charge in [-0.3, -0.25) is 4.99 Å². The molecule has 0 saturated heterocycles. The van der Waals surface area contributed by atoms with Crippen molar-refractivity contribution in [2.45, 2.75) is 52.5 Å². The first-order chi connectivity index (χ1) is 13.1. The van der Waals surface area contributed by atoms with Crippen molar-refractivity contribution in [2.24, 2.45) is 4.99 Å². The van der Waals surface area contributed by atoms with E-state index in [1.165, 1.54) is 11.3 Å². The summed E-state index contributed by atoms with van der Waals surface area (Å²) in [6.07, 6.45) is 2.86. The molecule has 0 radical (unpaired) electrons. The first kappa shape index (κ1) is 20.4. The highest BCUT2D eigenvalue weighted by Crippen LogP contribution is 2.44. The zero-order valence-electron chi connectivity index (χ0n) is 17.1. The summed E-state index contributed by atoms with van der Waals surface area (Å²) in [5, 5.41) is 9.77. The summed E-state index contributed by atoms with van der Waals surface area (Å²) in [4.78, 5) is 18.1.